The normalized spacial score (nSPS) is 10.5. The fourth-order valence-corrected chi connectivity index (χ4v) is 2.55. The van der Waals surface area contributed by atoms with Crippen molar-refractivity contribution in [1.29, 1.82) is 0 Å². The molecule has 2 nitrogen and oxygen atoms in total. The average Bonchev–Trinajstić information content (AvgIpc) is 2.36. The van der Waals surface area contributed by atoms with Gasteiger partial charge in [-0.05, 0) is 65.8 Å². The molecule has 1 N–H and O–H groups in total. The molecule has 0 heterocycles. The van der Waals surface area contributed by atoms with Crippen LogP contribution in [0.4, 0.5) is 0 Å². The van der Waals surface area contributed by atoms with E-state index in [1.54, 1.807) is 0 Å². The summed E-state index contributed by atoms with van der Waals surface area (Å²) in [7, 11) is 1.90. The van der Waals surface area contributed by atoms with E-state index in [9.17, 15) is 0 Å². The molecule has 0 radical (unpaired) electrons. The van der Waals surface area contributed by atoms with Crippen molar-refractivity contribution in [2.75, 3.05) is 7.05 Å². The van der Waals surface area contributed by atoms with Crippen LogP contribution >= 0.6 is 27.5 Å². The van der Waals surface area contributed by atoms with Gasteiger partial charge in [0.05, 0.1) is 4.47 Å². The van der Waals surface area contributed by atoms with Gasteiger partial charge >= 0.3 is 0 Å². The molecule has 4 heteroatoms. The van der Waals surface area contributed by atoms with Crippen molar-refractivity contribution in [3.8, 4) is 11.5 Å². The first-order chi connectivity index (χ1) is 9.10. The molecule has 100 valence electrons. The molecule has 0 aromatic heterocycles. The highest BCUT2D eigenvalue weighted by molar-refractivity contribution is 9.10. The van der Waals surface area contributed by atoms with E-state index in [0.717, 1.165) is 21.5 Å². The van der Waals surface area contributed by atoms with Crippen LogP contribution in [0.1, 0.15) is 11.1 Å². The van der Waals surface area contributed by atoms with E-state index in [1.807, 2.05) is 50.4 Å². The third-order valence-corrected chi connectivity index (χ3v) is 3.55. The number of ether oxygens (including phenoxy) is 1. The summed E-state index contributed by atoms with van der Waals surface area (Å²) in [6.45, 7) is 2.75. The summed E-state index contributed by atoms with van der Waals surface area (Å²) in [6.07, 6.45) is 0. The fraction of sp³-hybridized carbons (Fsp3) is 0.200. The van der Waals surface area contributed by atoms with Gasteiger partial charge in [0, 0.05) is 17.1 Å². The second-order valence-corrected chi connectivity index (χ2v) is 5.61. The van der Waals surface area contributed by atoms with Crippen molar-refractivity contribution >= 4 is 27.5 Å². The van der Waals surface area contributed by atoms with Crippen LogP contribution in [0.15, 0.2) is 40.9 Å². The van der Waals surface area contributed by atoms with Crippen LogP contribution in [0.5, 0.6) is 11.5 Å². The lowest BCUT2D eigenvalue weighted by Crippen LogP contribution is -2.06. The number of rotatable bonds is 4. The highest BCUT2D eigenvalue weighted by atomic mass is 79.9. The first-order valence-electron chi connectivity index (χ1n) is 5.97. The summed E-state index contributed by atoms with van der Waals surface area (Å²) in [5.74, 6) is 1.61. The third kappa shape index (κ3) is 3.72. The zero-order valence-electron chi connectivity index (χ0n) is 10.8. The molecule has 0 unspecified atom stereocenters. The van der Waals surface area contributed by atoms with Crippen LogP contribution in [0.3, 0.4) is 0 Å². The molecule has 2 rings (SSSR count). The van der Waals surface area contributed by atoms with Crippen LogP contribution in [0.2, 0.25) is 5.02 Å². The molecule has 0 aliphatic heterocycles. The minimum Gasteiger partial charge on any atom is -0.456 e. The topological polar surface area (TPSA) is 21.3 Å². The zero-order chi connectivity index (χ0) is 13.8. The highest BCUT2D eigenvalue weighted by Gasteiger charge is 2.08. The predicted octanol–water partition coefficient (Wildman–Crippen LogP) is 4.92. The number of nitrogens with one attached hydrogen (secondary N) is 1. The molecule has 0 fully saturated rings. The number of halogens is 2. The Labute approximate surface area is 126 Å². The highest BCUT2D eigenvalue weighted by Crippen LogP contribution is 2.33. The summed E-state index contributed by atoms with van der Waals surface area (Å²) in [5.41, 5.74) is 2.22. The monoisotopic (exact) mass is 339 g/mol. The summed E-state index contributed by atoms with van der Waals surface area (Å²) in [4.78, 5) is 0. The number of hydrogen-bond donors (Lipinski definition) is 1. The van der Waals surface area contributed by atoms with E-state index in [4.69, 9.17) is 16.3 Å². The number of benzene rings is 2. The predicted molar refractivity (Wildman–Crippen MR) is 83.2 cm³/mol. The van der Waals surface area contributed by atoms with Crippen LogP contribution in [-0.2, 0) is 6.54 Å². The third-order valence-electron chi connectivity index (χ3n) is 2.70. The second-order valence-electron chi connectivity index (χ2n) is 4.32. The Morgan fingerprint density at radius 3 is 2.58 bits per heavy atom. The molecule has 0 saturated heterocycles. The molecule has 2 aromatic rings. The van der Waals surface area contributed by atoms with Crippen LogP contribution < -0.4 is 10.1 Å². The van der Waals surface area contributed by atoms with Crippen molar-refractivity contribution < 1.29 is 4.74 Å². The molecule has 0 amide bonds. The molecule has 0 spiro atoms. The van der Waals surface area contributed by atoms with Gasteiger partial charge in [-0.25, -0.2) is 0 Å². The van der Waals surface area contributed by atoms with Gasteiger partial charge in [-0.15, -0.1) is 0 Å². The summed E-state index contributed by atoms with van der Waals surface area (Å²) < 4.78 is 6.90. The second kappa shape index (κ2) is 6.42. The maximum atomic E-state index is 6.02. The van der Waals surface area contributed by atoms with Crippen molar-refractivity contribution in [3.63, 3.8) is 0 Å². The van der Waals surface area contributed by atoms with Gasteiger partial charge in [-0.3, -0.25) is 0 Å². The number of hydrogen-bond acceptors (Lipinski definition) is 2. The van der Waals surface area contributed by atoms with E-state index < -0.39 is 0 Å². The molecule has 0 bridgehead atoms. The van der Waals surface area contributed by atoms with E-state index >= 15 is 0 Å². The van der Waals surface area contributed by atoms with Gasteiger partial charge in [-0.1, -0.05) is 17.7 Å². The maximum absolute atomic E-state index is 6.02. The molecule has 2 aromatic carbocycles. The van der Waals surface area contributed by atoms with E-state index in [2.05, 4.69) is 21.2 Å². The minimum absolute atomic E-state index is 0.708. The standard InChI is InChI=1S/C15H15BrClNO/c1-10-3-5-15(13(16)7-10)19-14-6-4-12(17)8-11(14)9-18-2/h3-8,18H,9H2,1-2H3. The maximum Gasteiger partial charge on any atom is 0.141 e. The van der Waals surface area contributed by atoms with Gasteiger partial charge in [-0.2, -0.15) is 0 Å². The van der Waals surface area contributed by atoms with Gasteiger partial charge in [0.15, 0.2) is 0 Å². The zero-order valence-corrected chi connectivity index (χ0v) is 13.2. The van der Waals surface area contributed by atoms with Gasteiger partial charge in [0.1, 0.15) is 11.5 Å². The smallest absolute Gasteiger partial charge is 0.141 e. The van der Waals surface area contributed by atoms with E-state index in [-0.39, 0.29) is 0 Å². The van der Waals surface area contributed by atoms with E-state index in [1.165, 1.54) is 5.56 Å². The summed E-state index contributed by atoms with van der Waals surface area (Å²) in [6, 6.07) is 11.6. The lowest BCUT2D eigenvalue weighted by atomic mass is 10.2. The van der Waals surface area contributed by atoms with Crippen molar-refractivity contribution in [1.82, 2.24) is 5.32 Å². The molecule has 0 atom stereocenters. The Hall–Kier alpha value is -1.03. The first-order valence-corrected chi connectivity index (χ1v) is 7.14. The van der Waals surface area contributed by atoms with Gasteiger partial charge in [0.25, 0.3) is 0 Å². The largest absolute Gasteiger partial charge is 0.456 e. The molecule has 0 aliphatic rings. The Morgan fingerprint density at radius 1 is 1.16 bits per heavy atom. The van der Waals surface area contributed by atoms with Crippen molar-refractivity contribution in [2.24, 2.45) is 0 Å². The Kier molecular flexibility index (Phi) is 4.86. The molecular formula is C15H15BrClNO. The SMILES string of the molecule is CNCc1cc(Cl)ccc1Oc1ccc(C)cc1Br. The molecule has 0 aliphatic carbocycles. The van der Waals surface area contributed by atoms with Crippen molar-refractivity contribution in [3.05, 3.63) is 57.0 Å². The first kappa shape index (κ1) is 14.4. The van der Waals surface area contributed by atoms with Crippen molar-refractivity contribution in [2.45, 2.75) is 13.5 Å². The van der Waals surface area contributed by atoms with Gasteiger partial charge in [0.2, 0.25) is 0 Å². The Morgan fingerprint density at radius 2 is 1.89 bits per heavy atom. The van der Waals surface area contributed by atoms with E-state index in [0.29, 0.717) is 11.6 Å². The Balaban J connectivity index is 2.32. The molecule has 19 heavy (non-hydrogen) atoms. The van der Waals surface area contributed by atoms with Gasteiger partial charge < -0.3 is 10.1 Å². The lowest BCUT2D eigenvalue weighted by Gasteiger charge is -2.13. The fourth-order valence-electron chi connectivity index (χ4n) is 1.78. The molecule has 0 saturated carbocycles. The Bertz CT molecular complexity index is 586. The van der Waals surface area contributed by atoms with Crippen LogP contribution in [0.25, 0.3) is 0 Å². The minimum atomic E-state index is 0.708. The van der Waals surface area contributed by atoms with Crippen LogP contribution in [0, 0.1) is 6.92 Å². The lowest BCUT2D eigenvalue weighted by molar-refractivity contribution is 0.471. The molecular weight excluding hydrogens is 326 g/mol. The summed E-state index contributed by atoms with van der Waals surface area (Å²) in [5, 5.41) is 3.82. The average molecular weight is 341 g/mol. The summed E-state index contributed by atoms with van der Waals surface area (Å²) >= 11 is 9.53. The van der Waals surface area contributed by atoms with Crippen LogP contribution in [-0.4, -0.2) is 7.05 Å². The quantitative estimate of drug-likeness (QED) is 0.852. The number of aryl methyl sites for hydroxylation is 1.